The van der Waals surface area contributed by atoms with Crippen molar-refractivity contribution in [3.63, 3.8) is 0 Å². The van der Waals surface area contributed by atoms with Crippen LogP contribution in [-0.2, 0) is 21.4 Å². The molecule has 0 saturated heterocycles. The SMILES string of the molecule is CC(=O)Nc1ccc(S(=O)(=O)Nc2ccccc2C(=O)N(C)Cc2ccccc2)cc1. The van der Waals surface area contributed by atoms with Crippen LogP contribution in [0.25, 0.3) is 0 Å². The molecular weight excluding hydrogens is 414 g/mol. The van der Waals surface area contributed by atoms with E-state index in [1.165, 1.54) is 36.1 Å². The normalized spacial score (nSPS) is 10.9. The molecule has 0 aliphatic rings. The average molecular weight is 438 g/mol. The maximum Gasteiger partial charge on any atom is 0.261 e. The molecule has 0 saturated carbocycles. The van der Waals surface area contributed by atoms with Crippen molar-refractivity contribution >= 4 is 33.2 Å². The van der Waals surface area contributed by atoms with Gasteiger partial charge in [-0.2, -0.15) is 0 Å². The summed E-state index contributed by atoms with van der Waals surface area (Å²) in [6.07, 6.45) is 0. The number of hydrogen-bond donors (Lipinski definition) is 2. The summed E-state index contributed by atoms with van der Waals surface area (Å²) in [4.78, 5) is 25.7. The molecule has 0 aliphatic carbocycles. The smallest absolute Gasteiger partial charge is 0.261 e. The summed E-state index contributed by atoms with van der Waals surface area (Å²) in [5, 5.41) is 2.59. The summed E-state index contributed by atoms with van der Waals surface area (Å²) in [7, 11) is -2.26. The number of benzene rings is 3. The lowest BCUT2D eigenvalue weighted by Crippen LogP contribution is -2.27. The van der Waals surface area contributed by atoms with E-state index in [4.69, 9.17) is 0 Å². The van der Waals surface area contributed by atoms with Crippen molar-refractivity contribution in [1.29, 1.82) is 0 Å². The molecule has 31 heavy (non-hydrogen) atoms. The van der Waals surface area contributed by atoms with Crippen LogP contribution in [0.15, 0.2) is 83.8 Å². The van der Waals surface area contributed by atoms with Crippen LogP contribution in [0.4, 0.5) is 11.4 Å². The van der Waals surface area contributed by atoms with E-state index in [-0.39, 0.29) is 28.0 Å². The molecule has 0 bridgehead atoms. The quantitative estimate of drug-likeness (QED) is 0.589. The van der Waals surface area contributed by atoms with Crippen LogP contribution in [0.2, 0.25) is 0 Å². The van der Waals surface area contributed by atoms with Gasteiger partial charge >= 0.3 is 0 Å². The zero-order valence-electron chi connectivity index (χ0n) is 17.2. The highest BCUT2D eigenvalue weighted by Gasteiger charge is 2.20. The first-order valence-corrected chi connectivity index (χ1v) is 11.0. The summed E-state index contributed by atoms with van der Waals surface area (Å²) >= 11 is 0. The molecule has 0 unspecified atom stereocenters. The van der Waals surface area contributed by atoms with Crippen LogP contribution in [-0.4, -0.2) is 32.2 Å². The molecule has 160 valence electrons. The molecule has 2 amide bonds. The van der Waals surface area contributed by atoms with Gasteiger partial charge in [0.2, 0.25) is 5.91 Å². The van der Waals surface area contributed by atoms with Crippen LogP contribution in [0.1, 0.15) is 22.8 Å². The number of para-hydroxylation sites is 1. The second kappa shape index (κ2) is 9.44. The summed E-state index contributed by atoms with van der Waals surface area (Å²) in [5.74, 6) is -0.552. The van der Waals surface area contributed by atoms with E-state index in [9.17, 15) is 18.0 Å². The number of rotatable bonds is 7. The van der Waals surface area contributed by atoms with Crippen molar-refractivity contribution in [2.45, 2.75) is 18.4 Å². The van der Waals surface area contributed by atoms with Crippen molar-refractivity contribution in [1.82, 2.24) is 4.90 Å². The number of amides is 2. The van der Waals surface area contributed by atoms with E-state index < -0.39 is 10.0 Å². The Labute approximate surface area is 181 Å². The lowest BCUT2D eigenvalue weighted by Gasteiger charge is -2.20. The maximum absolute atomic E-state index is 13.0. The molecule has 3 aromatic carbocycles. The number of carbonyl (C=O) groups excluding carboxylic acids is 2. The fourth-order valence-corrected chi connectivity index (χ4v) is 4.10. The van der Waals surface area contributed by atoms with E-state index in [1.807, 2.05) is 30.3 Å². The zero-order valence-corrected chi connectivity index (χ0v) is 18.0. The van der Waals surface area contributed by atoms with Gasteiger partial charge in [-0.1, -0.05) is 42.5 Å². The standard InChI is InChI=1S/C23H23N3O4S/c1-17(27)24-19-12-14-20(15-13-19)31(29,30)25-22-11-7-6-10-21(22)23(28)26(2)16-18-8-4-3-5-9-18/h3-15,25H,16H2,1-2H3,(H,24,27). The lowest BCUT2D eigenvalue weighted by molar-refractivity contribution is -0.114. The summed E-state index contributed by atoms with van der Waals surface area (Å²) in [6, 6.07) is 21.8. The second-order valence-electron chi connectivity index (χ2n) is 7.00. The first-order valence-electron chi connectivity index (χ1n) is 9.55. The van der Waals surface area contributed by atoms with E-state index in [0.717, 1.165) is 5.56 Å². The average Bonchev–Trinajstić information content (AvgIpc) is 2.74. The Bertz CT molecular complexity index is 1180. The molecule has 2 N–H and O–H groups in total. The molecule has 3 aromatic rings. The van der Waals surface area contributed by atoms with E-state index in [0.29, 0.717) is 12.2 Å². The molecule has 0 aliphatic heterocycles. The van der Waals surface area contributed by atoms with Gasteiger partial charge in [0.1, 0.15) is 0 Å². The third-order valence-electron chi connectivity index (χ3n) is 4.50. The molecule has 0 fully saturated rings. The predicted molar refractivity (Wildman–Crippen MR) is 120 cm³/mol. The van der Waals surface area contributed by atoms with E-state index in [2.05, 4.69) is 10.0 Å². The number of sulfonamides is 1. The minimum Gasteiger partial charge on any atom is -0.337 e. The van der Waals surface area contributed by atoms with Crippen LogP contribution >= 0.6 is 0 Å². The minimum absolute atomic E-state index is 0.0153. The Balaban J connectivity index is 1.81. The molecule has 3 rings (SSSR count). The van der Waals surface area contributed by atoms with Crippen LogP contribution in [0.3, 0.4) is 0 Å². The molecular formula is C23H23N3O4S. The van der Waals surface area contributed by atoms with Crippen molar-refractivity contribution in [2.75, 3.05) is 17.1 Å². The highest BCUT2D eigenvalue weighted by Crippen LogP contribution is 2.23. The van der Waals surface area contributed by atoms with Gasteiger partial charge in [0.15, 0.2) is 0 Å². The molecule has 8 heteroatoms. The third kappa shape index (κ3) is 5.70. The predicted octanol–water partition coefficient (Wildman–Crippen LogP) is 3.72. The molecule has 0 aromatic heterocycles. The number of hydrogen-bond acceptors (Lipinski definition) is 4. The van der Waals surface area contributed by atoms with Crippen molar-refractivity contribution in [3.05, 3.63) is 90.0 Å². The molecule has 7 nitrogen and oxygen atoms in total. The van der Waals surface area contributed by atoms with Gasteiger partial charge in [-0.25, -0.2) is 8.42 Å². The Morgan fingerprint density at radius 3 is 2.13 bits per heavy atom. The van der Waals surface area contributed by atoms with Crippen LogP contribution < -0.4 is 10.0 Å². The van der Waals surface area contributed by atoms with Crippen molar-refractivity contribution in [2.24, 2.45) is 0 Å². The Morgan fingerprint density at radius 1 is 0.871 bits per heavy atom. The monoisotopic (exact) mass is 437 g/mol. The van der Waals surface area contributed by atoms with Crippen molar-refractivity contribution in [3.8, 4) is 0 Å². The summed E-state index contributed by atoms with van der Waals surface area (Å²) in [6.45, 7) is 1.76. The second-order valence-corrected chi connectivity index (χ2v) is 8.69. The van der Waals surface area contributed by atoms with Gasteiger partial charge in [0.25, 0.3) is 15.9 Å². The highest BCUT2D eigenvalue weighted by atomic mass is 32.2. The van der Waals surface area contributed by atoms with Crippen LogP contribution in [0, 0.1) is 0 Å². The summed E-state index contributed by atoms with van der Waals surface area (Å²) in [5.41, 5.74) is 1.90. The molecule has 0 atom stereocenters. The highest BCUT2D eigenvalue weighted by molar-refractivity contribution is 7.92. The van der Waals surface area contributed by atoms with E-state index in [1.54, 1.807) is 31.3 Å². The van der Waals surface area contributed by atoms with Crippen molar-refractivity contribution < 1.29 is 18.0 Å². The number of carbonyl (C=O) groups is 2. The van der Waals surface area contributed by atoms with Gasteiger partial charge < -0.3 is 10.2 Å². The molecule has 0 spiro atoms. The van der Waals surface area contributed by atoms with E-state index >= 15 is 0 Å². The summed E-state index contributed by atoms with van der Waals surface area (Å²) < 4.78 is 28.2. The largest absolute Gasteiger partial charge is 0.337 e. The first kappa shape index (κ1) is 22.0. The Hall–Kier alpha value is -3.65. The van der Waals surface area contributed by atoms with Gasteiger partial charge in [-0.05, 0) is 42.0 Å². The minimum atomic E-state index is -3.93. The zero-order chi connectivity index (χ0) is 22.4. The topological polar surface area (TPSA) is 95.6 Å². The lowest BCUT2D eigenvalue weighted by atomic mass is 10.1. The van der Waals surface area contributed by atoms with Gasteiger partial charge in [-0.3, -0.25) is 14.3 Å². The maximum atomic E-state index is 13.0. The van der Waals surface area contributed by atoms with Gasteiger partial charge in [0.05, 0.1) is 16.1 Å². The Morgan fingerprint density at radius 2 is 1.48 bits per heavy atom. The fraction of sp³-hybridized carbons (Fsp3) is 0.130. The van der Waals surface area contributed by atoms with Gasteiger partial charge in [-0.15, -0.1) is 0 Å². The van der Waals surface area contributed by atoms with Crippen LogP contribution in [0.5, 0.6) is 0 Å². The third-order valence-corrected chi connectivity index (χ3v) is 5.88. The first-order chi connectivity index (χ1) is 14.8. The number of nitrogens with zero attached hydrogens (tertiary/aromatic N) is 1. The number of nitrogens with one attached hydrogen (secondary N) is 2. The fourth-order valence-electron chi connectivity index (χ4n) is 3.02. The number of anilines is 2. The Kier molecular flexibility index (Phi) is 6.71. The van der Waals surface area contributed by atoms with Gasteiger partial charge in [0, 0.05) is 26.2 Å². The molecule has 0 radical (unpaired) electrons. The molecule has 0 heterocycles.